The molecule has 0 unspecified atom stereocenters. The van der Waals surface area contributed by atoms with Crippen molar-refractivity contribution in [3.8, 4) is 0 Å². The SMILES string of the molecule is Cc1nc(C)n(Cc2cccc(NC(=O)CNC(=O)[C@@H](N)C(C)C)c2)n1.Cl.Cl. The van der Waals surface area contributed by atoms with E-state index in [9.17, 15) is 9.59 Å². The average Bonchev–Trinajstić information content (AvgIpc) is 2.89. The Balaban J connectivity index is 0.00000364. The van der Waals surface area contributed by atoms with Crippen molar-refractivity contribution in [1.29, 1.82) is 0 Å². The van der Waals surface area contributed by atoms with Crippen molar-refractivity contribution in [3.05, 3.63) is 41.5 Å². The molecule has 1 heterocycles. The lowest BCUT2D eigenvalue weighted by Gasteiger charge is -2.15. The number of benzene rings is 1. The molecule has 2 aromatic rings. The van der Waals surface area contributed by atoms with Gasteiger partial charge in [0.1, 0.15) is 11.6 Å². The lowest BCUT2D eigenvalue weighted by atomic mass is 10.1. The molecule has 156 valence electrons. The smallest absolute Gasteiger partial charge is 0.243 e. The van der Waals surface area contributed by atoms with Crippen molar-refractivity contribution in [2.75, 3.05) is 11.9 Å². The quantitative estimate of drug-likeness (QED) is 0.619. The van der Waals surface area contributed by atoms with Crippen LogP contribution in [0.15, 0.2) is 24.3 Å². The van der Waals surface area contributed by atoms with Gasteiger partial charge in [-0.15, -0.1) is 24.8 Å². The molecule has 0 saturated carbocycles. The average molecular weight is 431 g/mol. The van der Waals surface area contributed by atoms with E-state index < -0.39 is 6.04 Å². The summed E-state index contributed by atoms with van der Waals surface area (Å²) in [5, 5.41) is 9.66. The summed E-state index contributed by atoms with van der Waals surface area (Å²) >= 11 is 0. The Labute approximate surface area is 177 Å². The van der Waals surface area contributed by atoms with Crippen LogP contribution in [0.1, 0.15) is 31.1 Å². The van der Waals surface area contributed by atoms with Crippen molar-refractivity contribution in [2.45, 2.75) is 40.3 Å². The van der Waals surface area contributed by atoms with Crippen LogP contribution in [0.5, 0.6) is 0 Å². The Morgan fingerprint density at radius 3 is 2.46 bits per heavy atom. The highest BCUT2D eigenvalue weighted by atomic mass is 35.5. The number of hydrogen-bond acceptors (Lipinski definition) is 5. The molecule has 8 nitrogen and oxygen atoms in total. The second-order valence-corrected chi connectivity index (χ2v) is 6.60. The number of nitrogens with one attached hydrogen (secondary N) is 2. The maximum Gasteiger partial charge on any atom is 0.243 e. The molecule has 0 radical (unpaired) electrons. The summed E-state index contributed by atoms with van der Waals surface area (Å²) in [6, 6.07) is 6.85. The highest BCUT2D eigenvalue weighted by Crippen LogP contribution is 2.12. The molecule has 0 spiro atoms. The number of amides is 2. The van der Waals surface area contributed by atoms with Gasteiger partial charge in [-0.2, -0.15) is 5.10 Å². The van der Waals surface area contributed by atoms with Crippen LogP contribution >= 0.6 is 24.8 Å². The summed E-state index contributed by atoms with van der Waals surface area (Å²) in [7, 11) is 0. The van der Waals surface area contributed by atoms with Crippen LogP contribution in [-0.2, 0) is 16.1 Å². The van der Waals surface area contributed by atoms with Crippen LogP contribution in [0.4, 0.5) is 5.69 Å². The fourth-order valence-corrected chi connectivity index (χ4v) is 2.42. The van der Waals surface area contributed by atoms with E-state index in [0.717, 1.165) is 17.2 Å². The molecule has 1 aromatic carbocycles. The van der Waals surface area contributed by atoms with Gasteiger partial charge in [-0.1, -0.05) is 26.0 Å². The second kappa shape index (κ2) is 11.6. The minimum atomic E-state index is -0.625. The first-order valence-electron chi connectivity index (χ1n) is 8.56. The van der Waals surface area contributed by atoms with Crippen molar-refractivity contribution >= 4 is 42.3 Å². The molecule has 28 heavy (non-hydrogen) atoms. The van der Waals surface area contributed by atoms with E-state index in [4.69, 9.17) is 5.73 Å². The lowest BCUT2D eigenvalue weighted by Crippen LogP contribution is -2.46. The van der Waals surface area contributed by atoms with Crippen molar-refractivity contribution in [3.63, 3.8) is 0 Å². The first-order valence-corrected chi connectivity index (χ1v) is 8.56. The zero-order chi connectivity index (χ0) is 19.3. The maximum atomic E-state index is 12.0. The first-order chi connectivity index (χ1) is 12.3. The van der Waals surface area contributed by atoms with Crippen molar-refractivity contribution in [2.24, 2.45) is 11.7 Å². The second-order valence-electron chi connectivity index (χ2n) is 6.60. The van der Waals surface area contributed by atoms with E-state index in [1.807, 2.05) is 50.6 Å². The molecule has 0 aliphatic carbocycles. The number of anilines is 1. The van der Waals surface area contributed by atoms with Gasteiger partial charge in [-0.3, -0.25) is 9.59 Å². The largest absolute Gasteiger partial charge is 0.346 e. The molecule has 4 N–H and O–H groups in total. The summed E-state index contributed by atoms with van der Waals surface area (Å²) in [6.07, 6.45) is 0. The highest BCUT2D eigenvalue weighted by Gasteiger charge is 2.17. The van der Waals surface area contributed by atoms with Gasteiger partial charge >= 0.3 is 0 Å². The predicted octanol–water partition coefficient (Wildman–Crippen LogP) is 1.82. The number of hydrogen-bond donors (Lipinski definition) is 3. The number of carbonyl (C=O) groups excluding carboxylic acids is 2. The Morgan fingerprint density at radius 2 is 1.89 bits per heavy atom. The van der Waals surface area contributed by atoms with Gasteiger partial charge in [0.25, 0.3) is 0 Å². The molecule has 0 saturated heterocycles. The van der Waals surface area contributed by atoms with Gasteiger partial charge in [-0.25, -0.2) is 9.67 Å². The third-order valence-corrected chi connectivity index (χ3v) is 3.95. The van der Waals surface area contributed by atoms with E-state index in [2.05, 4.69) is 20.7 Å². The summed E-state index contributed by atoms with van der Waals surface area (Å²) in [5.41, 5.74) is 7.39. The fraction of sp³-hybridized carbons (Fsp3) is 0.444. The summed E-state index contributed by atoms with van der Waals surface area (Å²) < 4.78 is 1.81. The van der Waals surface area contributed by atoms with Crippen LogP contribution < -0.4 is 16.4 Å². The normalized spacial score (nSPS) is 11.2. The number of nitrogens with zero attached hydrogens (tertiary/aromatic N) is 3. The Hall–Kier alpha value is -2.16. The summed E-state index contributed by atoms with van der Waals surface area (Å²) in [5.74, 6) is 0.933. The molecule has 1 aromatic heterocycles. The topological polar surface area (TPSA) is 115 Å². The molecule has 0 bridgehead atoms. The highest BCUT2D eigenvalue weighted by molar-refractivity contribution is 5.95. The Bertz CT molecular complexity index is 794. The molecule has 0 aliphatic heterocycles. The van der Waals surface area contributed by atoms with Crippen LogP contribution in [0.25, 0.3) is 0 Å². The molecule has 2 rings (SSSR count). The maximum absolute atomic E-state index is 12.0. The van der Waals surface area contributed by atoms with Crippen LogP contribution in [0, 0.1) is 19.8 Å². The van der Waals surface area contributed by atoms with Crippen LogP contribution in [0.2, 0.25) is 0 Å². The van der Waals surface area contributed by atoms with E-state index in [-0.39, 0.29) is 49.1 Å². The number of carbonyl (C=O) groups is 2. The van der Waals surface area contributed by atoms with E-state index in [1.54, 1.807) is 6.07 Å². The Morgan fingerprint density at radius 1 is 1.21 bits per heavy atom. The van der Waals surface area contributed by atoms with E-state index in [0.29, 0.717) is 12.2 Å². The summed E-state index contributed by atoms with van der Waals surface area (Å²) in [6.45, 7) is 7.90. The number of aromatic nitrogens is 3. The van der Waals surface area contributed by atoms with Gasteiger partial charge in [0.15, 0.2) is 0 Å². The van der Waals surface area contributed by atoms with Crippen molar-refractivity contribution < 1.29 is 9.59 Å². The van der Waals surface area contributed by atoms with Gasteiger partial charge in [0, 0.05) is 5.69 Å². The number of aryl methyl sites for hydroxylation is 2. The number of rotatable bonds is 7. The molecular formula is C18H28Cl2N6O2. The molecule has 0 fully saturated rings. The molecule has 1 atom stereocenters. The first kappa shape index (κ1) is 25.8. The molecule has 2 amide bonds. The third kappa shape index (κ3) is 7.46. The lowest BCUT2D eigenvalue weighted by molar-refractivity contribution is -0.125. The van der Waals surface area contributed by atoms with Crippen LogP contribution in [0.3, 0.4) is 0 Å². The van der Waals surface area contributed by atoms with Gasteiger partial charge in [-0.05, 0) is 37.5 Å². The minimum absolute atomic E-state index is 0. The monoisotopic (exact) mass is 430 g/mol. The number of halogens is 2. The molecule has 10 heteroatoms. The molecular weight excluding hydrogens is 403 g/mol. The summed E-state index contributed by atoms with van der Waals surface area (Å²) in [4.78, 5) is 28.1. The zero-order valence-corrected chi connectivity index (χ0v) is 18.1. The van der Waals surface area contributed by atoms with E-state index in [1.165, 1.54) is 0 Å². The van der Waals surface area contributed by atoms with Gasteiger partial charge < -0.3 is 16.4 Å². The minimum Gasteiger partial charge on any atom is -0.346 e. The number of nitrogens with two attached hydrogens (primary N) is 1. The third-order valence-electron chi connectivity index (χ3n) is 3.95. The fourth-order valence-electron chi connectivity index (χ4n) is 2.42. The Kier molecular flexibility index (Phi) is 10.7. The van der Waals surface area contributed by atoms with Crippen LogP contribution in [-0.4, -0.2) is 39.2 Å². The van der Waals surface area contributed by atoms with Gasteiger partial charge in [0.2, 0.25) is 11.8 Å². The zero-order valence-electron chi connectivity index (χ0n) is 16.4. The van der Waals surface area contributed by atoms with Crippen molar-refractivity contribution in [1.82, 2.24) is 20.1 Å². The standard InChI is InChI=1S/C18H26N6O2.2ClH/c1-11(2)17(19)18(26)20-9-16(25)22-15-7-5-6-14(8-15)10-24-13(4)21-12(3)23-24;;/h5-8,11,17H,9-10,19H2,1-4H3,(H,20,26)(H,22,25);2*1H/t17-;;/m0../s1. The van der Waals surface area contributed by atoms with Gasteiger partial charge in [0.05, 0.1) is 19.1 Å². The molecule has 0 aliphatic rings. The van der Waals surface area contributed by atoms with E-state index >= 15 is 0 Å². The predicted molar refractivity (Wildman–Crippen MR) is 114 cm³/mol.